The minimum atomic E-state index is -1.84. The SMILES string of the molecule is CCCCCCCCCCCCn1c(=O)c2cc(-c3c(F)c(F)nc(F)c3F)sc2c2cc3c(cc21)c1sc(-c2c(F)c(F)nc(F)c2F)cc1c(=O)n3CCCCCCCCCCCC. The first-order valence-electron chi connectivity index (χ1n) is 23.4. The molecule has 0 saturated carbocycles. The maximum atomic E-state index is 15.2. The molecule has 6 aromatic heterocycles. The molecule has 16 heteroatoms. The van der Waals surface area contributed by atoms with Crippen molar-refractivity contribution < 1.29 is 35.1 Å². The summed E-state index contributed by atoms with van der Waals surface area (Å²) in [7, 11) is 0. The van der Waals surface area contributed by atoms with Gasteiger partial charge in [-0.3, -0.25) is 9.59 Å². The Kier molecular flexibility index (Phi) is 16.7. The van der Waals surface area contributed by atoms with Crippen molar-refractivity contribution >= 4 is 64.7 Å². The first-order valence-corrected chi connectivity index (χ1v) is 25.0. The Balaban J connectivity index is 1.36. The van der Waals surface area contributed by atoms with E-state index in [1.165, 1.54) is 72.6 Å². The summed E-state index contributed by atoms with van der Waals surface area (Å²) in [6.07, 6.45) is 20.7. The van der Waals surface area contributed by atoms with Crippen molar-refractivity contribution in [1.82, 2.24) is 19.1 Å². The van der Waals surface area contributed by atoms with Crippen molar-refractivity contribution in [3.63, 3.8) is 0 Å². The van der Waals surface area contributed by atoms with Crippen LogP contribution in [0.1, 0.15) is 142 Å². The van der Waals surface area contributed by atoms with Crippen LogP contribution in [0.15, 0.2) is 33.9 Å². The maximum Gasteiger partial charge on any atom is 0.259 e. The van der Waals surface area contributed by atoms with Crippen LogP contribution in [0.3, 0.4) is 0 Å². The van der Waals surface area contributed by atoms with Crippen LogP contribution in [0.25, 0.3) is 62.9 Å². The zero-order valence-electron chi connectivity index (χ0n) is 37.3. The molecule has 1 aromatic carbocycles. The largest absolute Gasteiger partial charge is 0.308 e. The molecule has 0 aliphatic rings. The van der Waals surface area contributed by atoms with E-state index in [4.69, 9.17) is 0 Å². The Morgan fingerprint density at radius 1 is 0.409 bits per heavy atom. The number of aryl methyl sites for hydroxylation is 2. The van der Waals surface area contributed by atoms with Gasteiger partial charge in [0, 0.05) is 43.0 Å². The highest BCUT2D eigenvalue weighted by Crippen LogP contribution is 2.43. The molecule has 0 N–H and O–H groups in total. The third-order valence-electron chi connectivity index (χ3n) is 12.6. The van der Waals surface area contributed by atoms with Crippen molar-refractivity contribution in [2.24, 2.45) is 0 Å². The van der Waals surface area contributed by atoms with Crippen molar-refractivity contribution in [2.75, 3.05) is 0 Å². The summed E-state index contributed by atoms with van der Waals surface area (Å²) in [6, 6.07) is 5.80. The monoisotopic (exact) mass is 958 g/mol. The lowest BCUT2D eigenvalue weighted by atomic mass is 10.0. The molecular weight excluding hydrogens is 905 g/mol. The van der Waals surface area contributed by atoms with Crippen molar-refractivity contribution in [3.8, 4) is 20.9 Å². The van der Waals surface area contributed by atoms with E-state index in [1.54, 1.807) is 12.1 Å². The molecule has 354 valence electrons. The van der Waals surface area contributed by atoms with Gasteiger partial charge in [-0.1, -0.05) is 129 Å². The molecule has 0 atom stereocenters. The second kappa shape index (κ2) is 22.4. The third-order valence-corrected chi connectivity index (χ3v) is 14.9. The highest BCUT2D eigenvalue weighted by molar-refractivity contribution is 7.23. The number of hydrogen-bond acceptors (Lipinski definition) is 6. The molecule has 0 fully saturated rings. The topological polar surface area (TPSA) is 69.8 Å². The van der Waals surface area contributed by atoms with Crippen molar-refractivity contribution in [2.45, 2.75) is 155 Å². The number of nitrogens with zero attached hydrogens (tertiary/aromatic N) is 4. The molecule has 66 heavy (non-hydrogen) atoms. The number of unbranched alkanes of at least 4 members (excludes halogenated alkanes) is 18. The van der Waals surface area contributed by atoms with E-state index in [0.29, 0.717) is 34.6 Å². The lowest BCUT2D eigenvalue weighted by molar-refractivity contribution is 0.411. The molecule has 0 unspecified atom stereocenters. The normalized spacial score (nSPS) is 12.0. The Hall–Kier alpha value is -4.70. The standard InChI is InChI=1S/C50H54F8N4O2S2/c1-3-5-7-9-11-13-15-17-19-21-23-61-33-25-30-34(26-29(33)43-31(49(61)63)27-35(65-43)37-39(51)45(55)59-46(56)40(37)52)62(24-22-20-18-16-14-12-10-8-6-4-2)50(64)32-28-36(66-44(30)32)38-41(53)47(57)60-48(58)42(38)54/h25-28H,3-24H2,1-2H3. The molecule has 7 rings (SSSR count). The van der Waals surface area contributed by atoms with Crippen LogP contribution in [0.5, 0.6) is 0 Å². The minimum absolute atomic E-state index is 0.0427. The lowest BCUT2D eigenvalue weighted by Crippen LogP contribution is -2.22. The molecule has 0 aliphatic heterocycles. The Labute approximate surface area is 385 Å². The van der Waals surface area contributed by atoms with Crippen LogP contribution in [-0.2, 0) is 13.1 Å². The molecule has 0 saturated heterocycles. The highest BCUT2D eigenvalue weighted by Gasteiger charge is 2.28. The Morgan fingerprint density at radius 3 is 1.00 bits per heavy atom. The van der Waals surface area contributed by atoms with Gasteiger partial charge < -0.3 is 9.13 Å². The van der Waals surface area contributed by atoms with Gasteiger partial charge in [0.2, 0.25) is 0 Å². The van der Waals surface area contributed by atoms with Gasteiger partial charge in [-0.15, -0.1) is 22.7 Å². The summed E-state index contributed by atoms with van der Waals surface area (Å²) in [6.45, 7) is 4.80. The molecular formula is C50H54F8N4O2S2. The molecule has 7 aromatic rings. The molecule has 0 amide bonds. The number of hydrogen-bond donors (Lipinski definition) is 0. The van der Waals surface area contributed by atoms with Crippen LogP contribution < -0.4 is 11.1 Å². The summed E-state index contributed by atoms with van der Waals surface area (Å²) in [5.74, 6) is -14.3. The molecule has 0 aliphatic carbocycles. The zero-order chi connectivity index (χ0) is 47.1. The predicted molar refractivity (Wildman–Crippen MR) is 251 cm³/mol. The number of benzene rings is 1. The van der Waals surface area contributed by atoms with E-state index in [0.717, 1.165) is 86.9 Å². The highest BCUT2D eigenvalue weighted by atomic mass is 32.1. The van der Waals surface area contributed by atoms with Crippen molar-refractivity contribution in [1.29, 1.82) is 0 Å². The van der Waals surface area contributed by atoms with Crippen LogP contribution in [0.2, 0.25) is 0 Å². The average molecular weight is 959 g/mol. The number of halogens is 8. The van der Waals surface area contributed by atoms with Gasteiger partial charge in [-0.25, -0.2) is 17.6 Å². The first kappa shape index (κ1) is 49.2. The quantitative estimate of drug-likeness (QED) is 0.0262. The van der Waals surface area contributed by atoms with Gasteiger partial charge >= 0.3 is 0 Å². The van der Waals surface area contributed by atoms with E-state index < -0.39 is 69.3 Å². The molecule has 0 spiro atoms. The smallest absolute Gasteiger partial charge is 0.259 e. The summed E-state index contributed by atoms with van der Waals surface area (Å²) < 4.78 is 122. The van der Waals surface area contributed by atoms with Gasteiger partial charge in [0.25, 0.3) is 34.9 Å². The summed E-state index contributed by atoms with van der Waals surface area (Å²) >= 11 is 1.52. The zero-order valence-corrected chi connectivity index (χ0v) is 38.9. The van der Waals surface area contributed by atoms with Crippen LogP contribution in [0.4, 0.5) is 35.1 Å². The first-order chi connectivity index (χ1) is 31.9. The molecule has 0 radical (unpaired) electrons. The van der Waals surface area contributed by atoms with E-state index in [2.05, 4.69) is 23.8 Å². The maximum absolute atomic E-state index is 15.2. The van der Waals surface area contributed by atoms with Gasteiger partial charge in [-0.2, -0.15) is 27.5 Å². The van der Waals surface area contributed by atoms with Crippen molar-refractivity contribution in [3.05, 3.63) is 92.0 Å². The molecule has 0 bridgehead atoms. The van der Waals surface area contributed by atoms with E-state index in [-0.39, 0.29) is 43.0 Å². The number of aromatic nitrogens is 4. The Bertz CT molecular complexity index is 2730. The second-order valence-electron chi connectivity index (χ2n) is 17.3. The fourth-order valence-electron chi connectivity index (χ4n) is 9.01. The number of pyridine rings is 4. The van der Waals surface area contributed by atoms with Gasteiger partial charge in [-0.05, 0) is 37.1 Å². The number of thiophene rings is 2. The van der Waals surface area contributed by atoms with E-state index >= 15 is 17.6 Å². The van der Waals surface area contributed by atoms with Gasteiger partial charge in [0.1, 0.15) is 0 Å². The van der Waals surface area contributed by atoms with Crippen LogP contribution in [-0.4, -0.2) is 19.1 Å². The second-order valence-corrected chi connectivity index (χ2v) is 19.4. The number of fused-ring (bicyclic) bond motifs is 6. The Morgan fingerprint density at radius 2 is 0.697 bits per heavy atom. The molecule has 6 heterocycles. The molecule has 6 nitrogen and oxygen atoms in total. The van der Waals surface area contributed by atoms with E-state index in [1.807, 2.05) is 0 Å². The summed E-state index contributed by atoms with van der Waals surface area (Å²) in [5.41, 5.74) is -2.33. The summed E-state index contributed by atoms with van der Waals surface area (Å²) in [4.78, 5) is 34.0. The van der Waals surface area contributed by atoms with Crippen LogP contribution in [0, 0.1) is 47.1 Å². The minimum Gasteiger partial charge on any atom is -0.308 e. The van der Waals surface area contributed by atoms with E-state index in [9.17, 15) is 27.2 Å². The lowest BCUT2D eigenvalue weighted by Gasteiger charge is -2.16. The third kappa shape index (κ3) is 10.4. The average Bonchev–Trinajstić information content (AvgIpc) is 3.95. The predicted octanol–water partition coefficient (Wildman–Crippen LogP) is 15.8. The van der Waals surface area contributed by atoms with Gasteiger partial charge in [0.15, 0.2) is 23.3 Å². The van der Waals surface area contributed by atoms with Crippen LogP contribution >= 0.6 is 22.7 Å². The van der Waals surface area contributed by atoms with Gasteiger partial charge in [0.05, 0.1) is 32.9 Å². The fraction of sp³-hybridized carbons (Fsp3) is 0.480. The summed E-state index contributed by atoms with van der Waals surface area (Å²) in [5, 5.41) is 0.917. The fourth-order valence-corrected chi connectivity index (χ4v) is 11.4. The number of rotatable bonds is 24.